The van der Waals surface area contributed by atoms with Gasteiger partial charge < -0.3 is 19.9 Å². The molecule has 154 valence electrons. The monoisotopic (exact) mass is 436 g/mol. The molecule has 0 unspecified atom stereocenters. The summed E-state index contributed by atoms with van der Waals surface area (Å²) in [5.74, 6) is 0.562. The number of nitrogens with zero attached hydrogens (tertiary/aromatic N) is 2. The van der Waals surface area contributed by atoms with Gasteiger partial charge in [-0.1, -0.05) is 47.5 Å². The minimum Gasteiger partial charge on any atom is -0.367 e. The first-order valence-corrected chi connectivity index (χ1v) is 9.11. The van der Waals surface area contributed by atoms with Gasteiger partial charge in [-0.3, -0.25) is 4.99 Å². The number of nitrogens with one attached hydrogen (secondary N) is 2. The van der Waals surface area contributed by atoms with E-state index in [1.807, 2.05) is 13.1 Å². The molecule has 5 nitrogen and oxygen atoms in total. The molecule has 0 bridgehead atoms. The van der Waals surface area contributed by atoms with Crippen LogP contribution < -0.4 is 10.6 Å². The number of benzene rings is 1. The fourth-order valence-electron chi connectivity index (χ4n) is 2.45. The van der Waals surface area contributed by atoms with E-state index in [1.165, 1.54) is 0 Å². The lowest BCUT2D eigenvalue weighted by atomic mass is 10.1. The van der Waals surface area contributed by atoms with Gasteiger partial charge in [0.2, 0.25) is 0 Å². The molecule has 28 heavy (non-hydrogen) atoms. The quantitative estimate of drug-likeness (QED) is 0.503. The van der Waals surface area contributed by atoms with Gasteiger partial charge in [-0.2, -0.15) is 13.2 Å². The molecule has 2 aromatic rings. The van der Waals surface area contributed by atoms with Crippen LogP contribution in [-0.2, 0) is 31.5 Å². The smallest absolute Gasteiger partial charge is 0.367 e. The van der Waals surface area contributed by atoms with Crippen LogP contribution >= 0.6 is 23.2 Å². The minimum absolute atomic E-state index is 0.102. The largest absolute Gasteiger partial charge is 0.411 e. The lowest BCUT2D eigenvalue weighted by Crippen LogP contribution is -2.36. The molecular weight excluding hydrogens is 416 g/mol. The van der Waals surface area contributed by atoms with Crippen LogP contribution in [0.2, 0.25) is 10.2 Å². The lowest BCUT2D eigenvalue weighted by Gasteiger charge is -2.13. The van der Waals surface area contributed by atoms with E-state index in [9.17, 15) is 13.2 Å². The van der Waals surface area contributed by atoms with Crippen LogP contribution in [-0.4, -0.2) is 30.4 Å². The number of aromatic nitrogens is 1. The number of rotatable bonds is 7. The molecule has 1 aromatic carbocycles. The number of hydrogen-bond acceptors (Lipinski definition) is 2. The summed E-state index contributed by atoms with van der Waals surface area (Å²) < 4.78 is 42.9. The maximum Gasteiger partial charge on any atom is 0.411 e. The summed E-state index contributed by atoms with van der Waals surface area (Å²) >= 11 is 12.1. The molecule has 0 fully saturated rings. The molecule has 1 aromatic heterocycles. The molecule has 0 aliphatic carbocycles. The minimum atomic E-state index is -4.33. The average molecular weight is 437 g/mol. The van der Waals surface area contributed by atoms with Gasteiger partial charge in [-0.25, -0.2) is 0 Å². The summed E-state index contributed by atoms with van der Waals surface area (Å²) in [6.07, 6.45) is -4.33. The van der Waals surface area contributed by atoms with Gasteiger partial charge in [-0.15, -0.1) is 0 Å². The SMILES string of the molecule is CN=C(NCc1cccc(COCC(F)(F)F)c1)NCc1cc(Cl)c(Cl)n1C. The highest BCUT2D eigenvalue weighted by Crippen LogP contribution is 2.24. The third kappa shape index (κ3) is 6.92. The molecule has 10 heteroatoms. The molecule has 0 amide bonds. The molecular formula is C18H21Cl2F3N4O. The standard InChI is InChI=1S/C18H21Cl2F3N4O/c1-24-17(26-9-14-7-15(19)16(20)27(14)2)25-8-12-4-3-5-13(6-12)10-28-11-18(21,22)23/h3-7H,8-11H2,1-2H3,(H2,24,25,26). The third-order valence-electron chi connectivity index (χ3n) is 3.86. The lowest BCUT2D eigenvalue weighted by molar-refractivity contribution is -0.176. The first kappa shape index (κ1) is 22.4. The Morgan fingerprint density at radius 3 is 2.43 bits per heavy atom. The zero-order valence-corrected chi connectivity index (χ0v) is 16.9. The molecule has 0 aliphatic rings. The van der Waals surface area contributed by atoms with Crippen LogP contribution in [0.3, 0.4) is 0 Å². The summed E-state index contributed by atoms with van der Waals surface area (Å²) in [4.78, 5) is 4.15. The van der Waals surface area contributed by atoms with Crippen molar-refractivity contribution in [3.05, 3.63) is 57.3 Å². The number of halogens is 5. The van der Waals surface area contributed by atoms with E-state index in [0.29, 0.717) is 34.8 Å². The Hall–Kier alpha value is -1.90. The second-order valence-electron chi connectivity index (χ2n) is 6.04. The Morgan fingerprint density at radius 1 is 1.14 bits per heavy atom. The van der Waals surface area contributed by atoms with Crippen molar-refractivity contribution in [3.8, 4) is 0 Å². The van der Waals surface area contributed by atoms with E-state index in [4.69, 9.17) is 27.9 Å². The zero-order chi connectivity index (χ0) is 20.7. The zero-order valence-electron chi connectivity index (χ0n) is 15.4. The van der Waals surface area contributed by atoms with Crippen LogP contribution in [0.1, 0.15) is 16.8 Å². The van der Waals surface area contributed by atoms with Crippen molar-refractivity contribution in [1.29, 1.82) is 0 Å². The Morgan fingerprint density at radius 2 is 1.82 bits per heavy atom. The van der Waals surface area contributed by atoms with Crippen molar-refractivity contribution in [2.24, 2.45) is 12.0 Å². The topological polar surface area (TPSA) is 50.6 Å². The Balaban J connectivity index is 1.85. The number of aliphatic imine (C=N–C) groups is 1. The fourth-order valence-corrected chi connectivity index (χ4v) is 2.87. The van der Waals surface area contributed by atoms with Crippen molar-refractivity contribution in [1.82, 2.24) is 15.2 Å². The van der Waals surface area contributed by atoms with Crippen LogP contribution in [0.4, 0.5) is 13.2 Å². The number of ether oxygens (including phenoxy) is 1. The van der Waals surface area contributed by atoms with E-state index in [0.717, 1.165) is 11.3 Å². The summed E-state index contributed by atoms with van der Waals surface area (Å²) in [5.41, 5.74) is 2.45. The van der Waals surface area contributed by atoms with Gasteiger partial charge in [0.15, 0.2) is 5.96 Å². The molecule has 0 radical (unpaired) electrons. The van der Waals surface area contributed by atoms with E-state index in [-0.39, 0.29) is 6.61 Å². The Bertz CT molecular complexity index is 822. The first-order valence-electron chi connectivity index (χ1n) is 8.36. The normalized spacial score (nSPS) is 12.3. The maximum atomic E-state index is 12.2. The molecule has 0 aliphatic heterocycles. The van der Waals surface area contributed by atoms with Crippen LogP contribution in [0.15, 0.2) is 35.3 Å². The molecule has 0 saturated heterocycles. The Labute approximate surface area is 171 Å². The number of guanidine groups is 1. The van der Waals surface area contributed by atoms with Gasteiger partial charge >= 0.3 is 6.18 Å². The third-order valence-corrected chi connectivity index (χ3v) is 4.70. The second kappa shape index (κ2) is 10.0. The summed E-state index contributed by atoms with van der Waals surface area (Å²) in [7, 11) is 3.45. The van der Waals surface area contributed by atoms with E-state index in [1.54, 1.807) is 35.9 Å². The van der Waals surface area contributed by atoms with Gasteiger partial charge in [0.25, 0.3) is 0 Å². The predicted octanol–water partition coefficient (Wildman–Crippen LogP) is 4.28. The number of alkyl halides is 3. The van der Waals surface area contributed by atoms with E-state index >= 15 is 0 Å². The summed E-state index contributed by atoms with van der Waals surface area (Å²) in [6.45, 7) is -0.454. The van der Waals surface area contributed by atoms with Gasteiger partial charge in [0, 0.05) is 26.3 Å². The fraction of sp³-hybridized carbons (Fsp3) is 0.389. The second-order valence-corrected chi connectivity index (χ2v) is 6.81. The Kier molecular flexibility index (Phi) is 8.03. The molecule has 0 spiro atoms. The highest BCUT2D eigenvalue weighted by Gasteiger charge is 2.27. The number of hydrogen-bond donors (Lipinski definition) is 2. The summed E-state index contributed by atoms with van der Waals surface area (Å²) in [5, 5.41) is 7.25. The van der Waals surface area contributed by atoms with Crippen molar-refractivity contribution in [3.63, 3.8) is 0 Å². The summed E-state index contributed by atoms with van der Waals surface area (Å²) in [6, 6.07) is 8.91. The van der Waals surface area contributed by atoms with E-state index < -0.39 is 12.8 Å². The van der Waals surface area contributed by atoms with Crippen molar-refractivity contribution >= 4 is 29.2 Å². The molecule has 0 atom stereocenters. The van der Waals surface area contributed by atoms with Gasteiger partial charge in [-0.05, 0) is 17.2 Å². The molecule has 1 heterocycles. The maximum absolute atomic E-state index is 12.2. The molecule has 2 N–H and O–H groups in total. The van der Waals surface area contributed by atoms with Gasteiger partial charge in [0.1, 0.15) is 11.8 Å². The van der Waals surface area contributed by atoms with Crippen molar-refractivity contribution < 1.29 is 17.9 Å². The first-order chi connectivity index (χ1) is 13.2. The van der Waals surface area contributed by atoms with Crippen LogP contribution in [0.25, 0.3) is 0 Å². The molecule has 2 rings (SSSR count). The highest BCUT2D eigenvalue weighted by atomic mass is 35.5. The van der Waals surface area contributed by atoms with Crippen molar-refractivity contribution in [2.45, 2.75) is 25.9 Å². The average Bonchev–Trinajstić information content (AvgIpc) is 2.88. The van der Waals surface area contributed by atoms with Crippen molar-refractivity contribution in [2.75, 3.05) is 13.7 Å². The van der Waals surface area contributed by atoms with Crippen LogP contribution in [0.5, 0.6) is 0 Å². The van der Waals surface area contributed by atoms with Crippen LogP contribution in [0, 0.1) is 0 Å². The van der Waals surface area contributed by atoms with E-state index in [2.05, 4.69) is 15.6 Å². The molecule has 0 saturated carbocycles. The van der Waals surface area contributed by atoms with Gasteiger partial charge in [0.05, 0.1) is 18.2 Å². The predicted molar refractivity (Wildman–Crippen MR) is 105 cm³/mol. The highest BCUT2D eigenvalue weighted by molar-refractivity contribution is 6.41.